The molecule has 3 unspecified atom stereocenters. The van der Waals surface area contributed by atoms with Crippen LogP contribution >= 0.6 is 0 Å². The molecule has 1 saturated carbocycles. The SMILES string of the molecule is CCOC(=O)C1C2Oc3ccc(Oc4ncnc5c4ncn5COCC[Si](C)(C)C)cc3C21. The van der Waals surface area contributed by atoms with Gasteiger partial charge in [-0.2, -0.15) is 4.98 Å². The summed E-state index contributed by atoms with van der Waals surface area (Å²) in [5.74, 6) is 1.32. The number of hydrogen-bond donors (Lipinski definition) is 0. The van der Waals surface area contributed by atoms with Crippen LogP contribution in [0, 0.1) is 5.92 Å². The number of rotatable bonds is 9. The third kappa shape index (κ3) is 4.32. The van der Waals surface area contributed by atoms with Crippen LogP contribution in [0.2, 0.25) is 25.7 Å². The van der Waals surface area contributed by atoms with Crippen molar-refractivity contribution in [2.75, 3.05) is 13.2 Å². The molecule has 3 aromatic rings. The summed E-state index contributed by atoms with van der Waals surface area (Å²) in [5.41, 5.74) is 2.18. The minimum Gasteiger partial charge on any atom is -0.489 e. The van der Waals surface area contributed by atoms with Crippen molar-refractivity contribution in [3.8, 4) is 17.4 Å². The Kier molecular flexibility index (Phi) is 5.57. The van der Waals surface area contributed by atoms with Gasteiger partial charge < -0.3 is 18.9 Å². The maximum absolute atomic E-state index is 12.1. The lowest BCUT2D eigenvalue weighted by molar-refractivity contribution is -0.145. The molecule has 0 N–H and O–H groups in total. The van der Waals surface area contributed by atoms with Crippen LogP contribution in [-0.2, 0) is 21.0 Å². The number of aromatic nitrogens is 4. The summed E-state index contributed by atoms with van der Waals surface area (Å²) in [4.78, 5) is 25.2. The lowest BCUT2D eigenvalue weighted by Crippen LogP contribution is -2.22. The van der Waals surface area contributed by atoms with Gasteiger partial charge in [0.05, 0.1) is 12.9 Å². The first kappa shape index (κ1) is 21.8. The Morgan fingerprint density at radius 3 is 2.85 bits per heavy atom. The molecule has 5 rings (SSSR count). The van der Waals surface area contributed by atoms with Crippen molar-refractivity contribution in [3.05, 3.63) is 36.4 Å². The number of carbonyl (C=O) groups excluding carboxylic acids is 1. The van der Waals surface area contributed by atoms with Gasteiger partial charge in [0.15, 0.2) is 11.2 Å². The molecule has 0 bridgehead atoms. The number of nitrogens with zero attached hydrogens (tertiary/aromatic N) is 4. The fourth-order valence-electron chi connectivity index (χ4n) is 4.11. The maximum atomic E-state index is 12.1. The van der Waals surface area contributed by atoms with Crippen molar-refractivity contribution < 1.29 is 23.7 Å². The largest absolute Gasteiger partial charge is 0.489 e. The van der Waals surface area contributed by atoms with Gasteiger partial charge in [0.25, 0.3) is 5.88 Å². The van der Waals surface area contributed by atoms with E-state index in [1.807, 2.05) is 22.8 Å². The third-order valence-corrected chi connectivity index (χ3v) is 7.63. The predicted molar refractivity (Wildman–Crippen MR) is 123 cm³/mol. The highest BCUT2D eigenvalue weighted by Gasteiger charge is 2.63. The standard InChI is InChI=1S/C23H28N4O5Si/c1-5-30-23(28)18-17-15-10-14(6-7-16(15)32-20(17)18)31-22-19-21(24-11-25-22)27(12-26-19)13-29-8-9-33(2,3)4/h6-7,10-12,17-18,20H,5,8-9,13H2,1-4H3. The quantitative estimate of drug-likeness (QED) is 0.264. The summed E-state index contributed by atoms with van der Waals surface area (Å²) in [7, 11) is -1.14. The van der Waals surface area contributed by atoms with Crippen LogP contribution in [0.25, 0.3) is 11.2 Å². The smallest absolute Gasteiger partial charge is 0.313 e. The molecule has 0 saturated heterocycles. The van der Waals surface area contributed by atoms with Crippen LogP contribution in [0.15, 0.2) is 30.9 Å². The Hall–Kier alpha value is -2.98. The molecule has 2 aromatic heterocycles. The van der Waals surface area contributed by atoms with Gasteiger partial charge in [-0.15, -0.1) is 0 Å². The summed E-state index contributed by atoms with van der Waals surface area (Å²) in [5, 5.41) is 0. The first-order valence-electron chi connectivity index (χ1n) is 11.2. The Balaban J connectivity index is 1.30. The summed E-state index contributed by atoms with van der Waals surface area (Å²) in [6, 6.07) is 6.70. The molecule has 1 aliphatic carbocycles. The van der Waals surface area contributed by atoms with Gasteiger partial charge in [-0.3, -0.25) is 9.36 Å². The van der Waals surface area contributed by atoms with Crippen molar-refractivity contribution in [2.45, 2.75) is 51.4 Å². The van der Waals surface area contributed by atoms with Crippen molar-refractivity contribution in [1.82, 2.24) is 19.5 Å². The summed E-state index contributed by atoms with van der Waals surface area (Å²) >= 11 is 0. The van der Waals surface area contributed by atoms with E-state index in [-0.39, 0.29) is 23.9 Å². The highest BCUT2D eigenvalue weighted by molar-refractivity contribution is 6.76. The molecule has 1 aliphatic heterocycles. The zero-order valence-corrected chi connectivity index (χ0v) is 20.3. The van der Waals surface area contributed by atoms with E-state index in [4.69, 9.17) is 18.9 Å². The molecule has 9 nitrogen and oxygen atoms in total. The van der Waals surface area contributed by atoms with Crippen LogP contribution in [0.5, 0.6) is 17.4 Å². The van der Waals surface area contributed by atoms with Gasteiger partial charge in [0, 0.05) is 26.2 Å². The zero-order valence-electron chi connectivity index (χ0n) is 19.3. The molecule has 0 radical (unpaired) electrons. The minimum absolute atomic E-state index is 0.0144. The number of esters is 1. The van der Waals surface area contributed by atoms with Crippen LogP contribution < -0.4 is 9.47 Å². The summed E-state index contributed by atoms with van der Waals surface area (Å²) < 4.78 is 24.8. The molecule has 2 aliphatic rings. The Morgan fingerprint density at radius 1 is 1.21 bits per heavy atom. The average Bonchev–Trinajstić information content (AvgIpc) is 3.12. The monoisotopic (exact) mass is 468 g/mol. The summed E-state index contributed by atoms with van der Waals surface area (Å²) in [6.07, 6.45) is 3.01. The second kappa shape index (κ2) is 8.42. The normalized spacial score (nSPS) is 20.8. The highest BCUT2D eigenvalue weighted by Crippen LogP contribution is 2.59. The number of fused-ring (bicyclic) bond motifs is 4. The number of carbonyl (C=O) groups is 1. The molecule has 1 aromatic carbocycles. The van der Waals surface area contributed by atoms with Crippen LogP contribution in [0.1, 0.15) is 18.4 Å². The number of benzene rings is 1. The fraction of sp³-hybridized carbons (Fsp3) is 0.478. The topological polar surface area (TPSA) is 97.6 Å². The van der Waals surface area contributed by atoms with Gasteiger partial charge in [-0.05, 0) is 31.2 Å². The van der Waals surface area contributed by atoms with Crippen LogP contribution in [0.3, 0.4) is 0 Å². The summed E-state index contributed by atoms with van der Waals surface area (Å²) in [6.45, 7) is 10.2. The predicted octanol–water partition coefficient (Wildman–Crippen LogP) is 3.97. The number of ether oxygens (including phenoxy) is 4. The Morgan fingerprint density at radius 2 is 2.06 bits per heavy atom. The molecule has 3 atom stereocenters. The van der Waals surface area contributed by atoms with Gasteiger partial charge in [-0.1, -0.05) is 19.6 Å². The van der Waals surface area contributed by atoms with Crippen LogP contribution in [-0.4, -0.2) is 52.9 Å². The van der Waals surface area contributed by atoms with Crippen LogP contribution in [0.4, 0.5) is 0 Å². The number of imidazole rings is 1. The molecular weight excluding hydrogens is 440 g/mol. The molecule has 174 valence electrons. The second-order valence-electron chi connectivity index (χ2n) is 9.60. The van der Waals surface area contributed by atoms with Crippen molar-refractivity contribution in [2.24, 2.45) is 5.92 Å². The Labute approximate surface area is 193 Å². The lowest BCUT2D eigenvalue weighted by atomic mass is 10.1. The molecule has 1 fully saturated rings. The van der Waals surface area contributed by atoms with Gasteiger partial charge in [0.1, 0.15) is 36.6 Å². The van der Waals surface area contributed by atoms with E-state index in [9.17, 15) is 4.79 Å². The first-order valence-corrected chi connectivity index (χ1v) is 14.9. The van der Waals surface area contributed by atoms with E-state index >= 15 is 0 Å². The lowest BCUT2D eigenvalue weighted by Gasteiger charge is -2.15. The van der Waals surface area contributed by atoms with Gasteiger partial charge in [-0.25, -0.2) is 9.97 Å². The van der Waals surface area contributed by atoms with E-state index in [2.05, 4.69) is 34.6 Å². The van der Waals surface area contributed by atoms with E-state index in [0.29, 0.717) is 36.1 Å². The average molecular weight is 469 g/mol. The molecular formula is C23H28N4O5Si. The molecule has 3 heterocycles. The van der Waals surface area contributed by atoms with Crippen molar-refractivity contribution >= 4 is 25.2 Å². The highest BCUT2D eigenvalue weighted by atomic mass is 28.3. The van der Waals surface area contributed by atoms with Gasteiger partial charge >= 0.3 is 5.97 Å². The number of hydrogen-bond acceptors (Lipinski definition) is 8. The second-order valence-corrected chi connectivity index (χ2v) is 15.2. The first-order chi connectivity index (χ1) is 15.9. The fourth-order valence-corrected chi connectivity index (χ4v) is 4.86. The maximum Gasteiger partial charge on any atom is 0.313 e. The van der Waals surface area contributed by atoms with Crippen molar-refractivity contribution in [1.29, 1.82) is 0 Å². The Bertz CT molecular complexity index is 1190. The third-order valence-electron chi connectivity index (χ3n) is 5.93. The molecule has 10 heteroatoms. The molecule has 33 heavy (non-hydrogen) atoms. The van der Waals surface area contributed by atoms with E-state index < -0.39 is 8.07 Å². The minimum atomic E-state index is -1.14. The molecule has 0 spiro atoms. The van der Waals surface area contributed by atoms with E-state index in [1.54, 1.807) is 13.3 Å². The van der Waals surface area contributed by atoms with E-state index in [0.717, 1.165) is 24.0 Å². The van der Waals surface area contributed by atoms with Crippen molar-refractivity contribution in [3.63, 3.8) is 0 Å². The van der Waals surface area contributed by atoms with Gasteiger partial charge in [0.2, 0.25) is 0 Å². The zero-order chi connectivity index (χ0) is 23.2. The molecule has 0 amide bonds. The van der Waals surface area contributed by atoms with E-state index in [1.165, 1.54) is 6.33 Å².